The molecule has 2 aromatic rings. The molecule has 2 nitrogen and oxygen atoms in total. The third-order valence-corrected chi connectivity index (χ3v) is 3.14. The minimum absolute atomic E-state index is 0.522. The second kappa shape index (κ2) is 5.78. The van der Waals surface area contributed by atoms with Gasteiger partial charge in [0.15, 0.2) is 0 Å². The number of aryl methyl sites for hydroxylation is 1. The molecule has 0 saturated heterocycles. The fraction of sp³-hybridized carbons (Fsp3) is 0.200. The molecule has 0 heterocycles. The number of hydrogen-bond donors (Lipinski definition) is 1. The maximum Gasteiger partial charge on any atom is 0.121 e. The van der Waals surface area contributed by atoms with Crippen molar-refractivity contribution in [3.63, 3.8) is 0 Å². The zero-order chi connectivity index (χ0) is 13.0. The molecule has 0 unspecified atom stereocenters. The van der Waals surface area contributed by atoms with Crippen LogP contribution in [0, 0.1) is 0 Å². The van der Waals surface area contributed by atoms with Gasteiger partial charge in [0, 0.05) is 6.07 Å². The number of anilines is 1. The third-order valence-electron chi connectivity index (χ3n) is 2.81. The van der Waals surface area contributed by atoms with Crippen molar-refractivity contribution in [2.45, 2.75) is 20.0 Å². The highest BCUT2D eigenvalue weighted by Crippen LogP contribution is 2.24. The Morgan fingerprint density at radius 3 is 2.33 bits per heavy atom. The first-order valence-corrected chi connectivity index (χ1v) is 6.32. The number of ether oxygens (including phenoxy) is 1. The number of halogens is 1. The SMILES string of the molecule is CCc1ccc(COc2ccc(N)c(Cl)c2)cc1. The van der Waals surface area contributed by atoms with Gasteiger partial charge in [-0.05, 0) is 29.7 Å². The monoisotopic (exact) mass is 261 g/mol. The largest absolute Gasteiger partial charge is 0.489 e. The van der Waals surface area contributed by atoms with E-state index in [0.29, 0.717) is 17.3 Å². The van der Waals surface area contributed by atoms with Gasteiger partial charge in [0.25, 0.3) is 0 Å². The average molecular weight is 262 g/mol. The van der Waals surface area contributed by atoms with E-state index in [-0.39, 0.29) is 0 Å². The van der Waals surface area contributed by atoms with Crippen LogP contribution in [0.2, 0.25) is 5.02 Å². The van der Waals surface area contributed by atoms with Crippen molar-refractivity contribution in [2.75, 3.05) is 5.73 Å². The van der Waals surface area contributed by atoms with Crippen LogP contribution < -0.4 is 10.5 Å². The molecule has 0 atom stereocenters. The van der Waals surface area contributed by atoms with Gasteiger partial charge in [0.1, 0.15) is 12.4 Å². The van der Waals surface area contributed by atoms with Crippen molar-refractivity contribution in [3.05, 3.63) is 58.6 Å². The first-order chi connectivity index (χ1) is 8.69. The summed E-state index contributed by atoms with van der Waals surface area (Å²) in [6.45, 7) is 2.67. The van der Waals surface area contributed by atoms with Gasteiger partial charge in [-0.2, -0.15) is 0 Å². The lowest BCUT2D eigenvalue weighted by molar-refractivity contribution is 0.306. The summed E-state index contributed by atoms with van der Waals surface area (Å²) in [6, 6.07) is 13.7. The van der Waals surface area contributed by atoms with E-state index in [4.69, 9.17) is 22.1 Å². The summed E-state index contributed by atoms with van der Waals surface area (Å²) in [5.74, 6) is 0.730. The Morgan fingerprint density at radius 1 is 1.06 bits per heavy atom. The smallest absolute Gasteiger partial charge is 0.121 e. The van der Waals surface area contributed by atoms with Crippen molar-refractivity contribution in [2.24, 2.45) is 0 Å². The first kappa shape index (κ1) is 12.8. The maximum absolute atomic E-state index is 5.93. The van der Waals surface area contributed by atoms with Crippen molar-refractivity contribution in [1.29, 1.82) is 0 Å². The number of benzene rings is 2. The quantitative estimate of drug-likeness (QED) is 0.843. The van der Waals surface area contributed by atoms with E-state index in [1.165, 1.54) is 5.56 Å². The molecular formula is C15H16ClNO. The van der Waals surface area contributed by atoms with E-state index in [0.717, 1.165) is 17.7 Å². The summed E-state index contributed by atoms with van der Waals surface area (Å²) >= 11 is 5.93. The highest BCUT2D eigenvalue weighted by atomic mass is 35.5. The van der Waals surface area contributed by atoms with Crippen LogP contribution in [0.5, 0.6) is 5.75 Å². The lowest BCUT2D eigenvalue weighted by atomic mass is 10.1. The highest BCUT2D eigenvalue weighted by molar-refractivity contribution is 6.33. The predicted molar refractivity (Wildman–Crippen MR) is 76.0 cm³/mol. The van der Waals surface area contributed by atoms with Crippen LogP contribution in [0.4, 0.5) is 5.69 Å². The normalized spacial score (nSPS) is 10.3. The molecule has 0 bridgehead atoms. The minimum Gasteiger partial charge on any atom is -0.489 e. The predicted octanol–water partition coefficient (Wildman–Crippen LogP) is 4.06. The number of hydrogen-bond acceptors (Lipinski definition) is 2. The van der Waals surface area contributed by atoms with E-state index in [2.05, 4.69) is 31.2 Å². The van der Waals surface area contributed by atoms with Crippen molar-refractivity contribution >= 4 is 17.3 Å². The van der Waals surface area contributed by atoms with E-state index >= 15 is 0 Å². The van der Waals surface area contributed by atoms with Crippen LogP contribution in [-0.4, -0.2) is 0 Å². The van der Waals surface area contributed by atoms with Crippen molar-refractivity contribution in [3.8, 4) is 5.75 Å². The van der Waals surface area contributed by atoms with Gasteiger partial charge in [-0.15, -0.1) is 0 Å². The van der Waals surface area contributed by atoms with Gasteiger partial charge in [0.2, 0.25) is 0 Å². The molecular weight excluding hydrogens is 246 g/mol. The van der Waals surface area contributed by atoms with Gasteiger partial charge in [-0.25, -0.2) is 0 Å². The number of nitrogen functional groups attached to an aromatic ring is 1. The maximum atomic E-state index is 5.93. The molecule has 3 heteroatoms. The van der Waals surface area contributed by atoms with E-state index < -0.39 is 0 Å². The molecule has 2 N–H and O–H groups in total. The summed E-state index contributed by atoms with van der Waals surface area (Å²) in [4.78, 5) is 0. The lowest BCUT2D eigenvalue weighted by Crippen LogP contribution is -1.96. The minimum atomic E-state index is 0.522. The Morgan fingerprint density at radius 2 is 1.72 bits per heavy atom. The van der Waals surface area contributed by atoms with E-state index in [1.807, 2.05) is 6.07 Å². The molecule has 0 aliphatic carbocycles. The Balaban J connectivity index is 1.99. The second-order valence-corrected chi connectivity index (χ2v) is 4.55. The summed E-state index contributed by atoms with van der Waals surface area (Å²) in [7, 11) is 0. The number of nitrogens with two attached hydrogens (primary N) is 1. The number of rotatable bonds is 4. The Kier molecular flexibility index (Phi) is 4.11. The van der Waals surface area contributed by atoms with Crippen LogP contribution in [0.1, 0.15) is 18.1 Å². The van der Waals surface area contributed by atoms with E-state index in [9.17, 15) is 0 Å². The summed E-state index contributed by atoms with van der Waals surface area (Å²) < 4.78 is 5.66. The van der Waals surface area contributed by atoms with Gasteiger partial charge in [0.05, 0.1) is 10.7 Å². The highest BCUT2D eigenvalue weighted by Gasteiger charge is 2.00. The topological polar surface area (TPSA) is 35.2 Å². The van der Waals surface area contributed by atoms with Crippen LogP contribution in [0.15, 0.2) is 42.5 Å². The zero-order valence-electron chi connectivity index (χ0n) is 10.3. The van der Waals surface area contributed by atoms with Gasteiger partial charge in [-0.3, -0.25) is 0 Å². The molecule has 0 aliphatic heterocycles. The summed E-state index contributed by atoms with van der Waals surface area (Å²) in [6.07, 6.45) is 1.05. The molecule has 0 fully saturated rings. The van der Waals surface area contributed by atoms with Crippen LogP contribution >= 0.6 is 11.6 Å². The van der Waals surface area contributed by atoms with Gasteiger partial charge < -0.3 is 10.5 Å². The van der Waals surface area contributed by atoms with Crippen LogP contribution in [-0.2, 0) is 13.0 Å². The zero-order valence-corrected chi connectivity index (χ0v) is 11.1. The molecule has 0 amide bonds. The fourth-order valence-corrected chi connectivity index (χ4v) is 1.81. The average Bonchev–Trinajstić information content (AvgIpc) is 2.41. The molecule has 0 aromatic heterocycles. The van der Waals surface area contributed by atoms with Gasteiger partial charge >= 0.3 is 0 Å². The Labute approximate surface area is 112 Å². The molecule has 18 heavy (non-hydrogen) atoms. The third kappa shape index (κ3) is 3.17. The second-order valence-electron chi connectivity index (χ2n) is 4.14. The standard InChI is InChI=1S/C15H16ClNO/c1-2-11-3-5-12(6-4-11)10-18-13-7-8-15(17)14(16)9-13/h3-9H,2,10,17H2,1H3. The molecule has 0 spiro atoms. The molecule has 94 valence electrons. The van der Waals surface area contributed by atoms with Crippen molar-refractivity contribution in [1.82, 2.24) is 0 Å². The molecule has 0 aliphatic rings. The van der Waals surface area contributed by atoms with Crippen LogP contribution in [0.3, 0.4) is 0 Å². The first-order valence-electron chi connectivity index (χ1n) is 5.94. The molecule has 2 aromatic carbocycles. The van der Waals surface area contributed by atoms with Crippen molar-refractivity contribution < 1.29 is 4.74 Å². The lowest BCUT2D eigenvalue weighted by Gasteiger charge is -2.08. The molecule has 2 rings (SSSR count). The van der Waals surface area contributed by atoms with E-state index in [1.54, 1.807) is 12.1 Å². The van der Waals surface area contributed by atoms with Crippen LogP contribution in [0.25, 0.3) is 0 Å². The Bertz CT molecular complexity index is 523. The Hall–Kier alpha value is -1.67. The molecule has 0 saturated carbocycles. The van der Waals surface area contributed by atoms with Gasteiger partial charge in [-0.1, -0.05) is 42.8 Å². The summed E-state index contributed by atoms with van der Waals surface area (Å²) in [5.41, 5.74) is 8.67. The summed E-state index contributed by atoms with van der Waals surface area (Å²) in [5, 5.41) is 0.522. The molecule has 0 radical (unpaired) electrons. The fourth-order valence-electron chi connectivity index (χ4n) is 1.64.